The molecule has 1 aromatic heterocycles. The Morgan fingerprint density at radius 3 is 2.36 bits per heavy atom. The zero-order valence-electron chi connectivity index (χ0n) is 18.9. The van der Waals surface area contributed by atoms with E-state index in [2.05, 4.69) is 15.6 Å². The number of hydrogen-bond acceptors (Lipinski definition) is 3. The summed E-state index contributed by atoms with van der Waals surface area (Å²) in [6, 6.07) is 25.0. The largest absolute Gasteiger partial charge is 0.352 e. The van der Waals surface area contributed by atoms with Crippen LogP contribution in [0.15, 0.2) is 78.9 Å². The number of benzene rings is 3. The first-order valence-electron chi connectivity index (χ1n) is 11.1. The second-order valence-corrected chi connectivity index (χ2v) is 8.08. The maximum absolute atomic E-state index is 12.9. The molecule has 3 aromatic carbocycles. The third kappa shape index (κ3) is 5.26. The predicted octanol–water partition coefficient (Wildman–Crippen LogP) is 5.01. The van der Waals surface area contributed by atoms with Gasteiger partial charge in [0.2, 0.25) is 5.91 Å². The molecule has 5 heteroatoms. The monoisotopic (exact) mass is 437 g/mol. The molecule has 4 aromatic rings. The van der Waals surface area contributed by atoms with Gasteiger partial charge in [0.05, 0.1) is 23.2 Å². The number of amides is 2. The van der Waals surface area contributed by atoms with Crippen LogP contribution in [0.4, 0.5) is 5.69 Å². The molecule has 0 spiro atoms. The minimum absolute atomic E-state index is 0.178. The predicted molar refractivity (Wildman–Crippen MR) is 132 cm³/mol. The van der Waals surface area contributed by atoms with Crippen LogP contribution in [0.3, 0.4) is 0 Å². The SMILES string of the molecule is Cc1nc2ccccc2c(C)c1CC(=O)Nc1ccccc1C(=O)NCCc1ccccc1. The number of carbonyl (C=O) groups excluding carboxylic acids is 2. The number of rotatable bonds is 7. The minimum atomic E-state index is -0.207. The van der Waals surface area contributed by atoms with Crippen molar-refractivity contribution in [2.45, 2.75) is 26.7 Å². The molecule has 33 heavy (non-hydrogen) atoms. The lowest BCUT2D eigenvalue weighted by Gasteiger charge is -2.14. The molecular weight excluding hydrogens is 410 g/mol. The fourth-order valence-corrected chi connectivity index (χ4v) is 4.04. The lowest BCUT2D eigenvalue weighted by Crippen LogP contribution is -2.27. The van der Waals surface area contributed by atoms with Crippen molar-refractivity contribution in [2.75, 3.05) is 11.9 Å². The third-order valence-electron chi connectivity index (χ3n) is 5.81. The number of carbonyl (C=O) groups is 2. The number of anilines is 1. The molecule has 0 fully saturated rings. The van der Waals surface area contributed by atoms with Gasteiger partial charge in [-0.05, 0) is 55.2 Å². The highest BCUT2D eigenvalue weighted by molar-refractivity contribution is 6.04. The molecule has 2 amide bonds. The van der Waals surface area contributed by atoms with E-state index < -0.39 is 0 Å². The van der Waals surface area contributed by atoms with Gasteiger partial charge >= 0.3 is 0 Å². The van der Waals surface area contributed by atoms with Crippen LogP contribution in [-0.4, -0.2) is 23.3 Å². The van der Waals surface area contributed by atoms with Gasteiger partial charge in [0, 0.05) is 17.6 Å². The van der Waals surface area contributed by atoms with Gasteiger partial charge in [0.1, 0.15) is 0 Å². The van der Waals surface area contributed by atoms with E-state index in [1.54, 1.807) is 18.2 Å². The zero-order chi connectivity index (χ0) is 23.2. The molecule has 1 heterocycles. The van der Waals surface area contributed by atoms with Crippen LogP contribution in [0.25, 0.3) is 10.9 Å². The summed E-state index contributed by atoms with van der Waals surface area (Å²) in [5, 5.41) is 6.92. The Hall–Kier alpha value is -3.99. The summed E-state index contributed by atoms with van der Waals surface area (Å²) in [6.07, 6.45) is 0.939. The van der Waals surface area contributed by atoms with E-state index in [0.29, 0.717) is 17.8 Å². The molecule has 0 aliphatic rings. The molecule has 0 aliphatic carbocycles. The fourth-order valence-electron chi connectivity index (χ4n) is 4.04. The summed E-state index contributed by atoms with van der Waals surface area (Å²) >= 11 is 0. The standard InChI is InChI=1S/C28H27N3O2/c1-19-22-12-6-8-14-25(22)30-20(2)24(19)18-27(32)31-26-15-9-7-13-23(26)28(33)29-17-16-21-10-4-3-5-11-21/h3-15H,16-18H2,1-2H3,(H,29,33)(H,31,32). The molecule has 0 unspecified atom stereocenters. The van der Waals surface area contributed by atoms with Gasteiger partial charge in [0.25, 0.3) is 5.91 Å². The Bertz CT molecular complexity index is 1300. The fraction of sp³-hybridized carbons (Fsp3) is 0.179. The van der Waals surface area contributed by atoms with Crippen molar-refractivity contribution in [2.24, 2.45) is 0 Å². The highest BCUT2D eigenvalue weighted by Crippen LogP contribution is 2.23. The summed E-state index contributed by atoms with van der Waals surface area (Å²) in [5.74, 6) is -0.385. The summed E-state index contributed by atoms with van der Waals surface area (Å²) in [6.45, 7) is 4.47. The average Bonchev–Trinajstić information content (AvgIpc) is 2.83. The average molecular weight is 438 g/mol. The Labute approximate surface area is 193 Å². The van der Waals surface area contributed by atoms with Crippen molar-refractivity contribution in [1.82, 2.24) is 10.3 Å². The Morgan fingerprint density at radius 2 is 1.55 bits per heavy atom. The number of hydrogen-bond donors (Lipinski definition) is 2. The van der Waals surface area contributed by atoms with Crippen LogP contribution in [0.5, 0.6) is 0 Å². The van der Waals surface area contributed by atoms with Gasteiger partial charge in [-0.1, -0.05) is 60.7 Å². The van der Waals surface area contributed by atoms with E-state index in [1.165, 1.54) is 0 Å². The first-order valence-corrected chi connectivity index (χ1v) is 11.1. The topological polar surface area (TPSA) is 71.1 Å². The number of fused-ring (bicyclic) bond motifs is 1. The van der Waals surface area contributed by atoms with Crippen LogP contribution in [0.1, 0.15) is 32.7 Å². The van der Waals surface area contributed by atoms with Gasteiger partial charge in [-0.3, -0.25) is 14.6 Å². The van der Waals surface area contributed by atoms with Gasteiger partial charge < -0.3 is 10.6 Å². The van der Waals surface area contributed by atoms with Crippen molar-refractivity contribution in [1.29, 1.82) is 0 Å². The van der Waals surface area contributed by atoms with Gasteiger partial charge in [-0.2, -0.15) is 0 Å². The lowest BCUT2D eigenvalue weighted by molar-refractivity contribution is -0.115. The molecule has 0 atom stereocenters. The van der Waals surface area contributed by atoms with Crippen LogP contribution in [-0.2, 0) is 17.6 Å². The van der Waals surface area contributed by atoms with Gasteiger partial charge in [-0.15, -0.1) is 0 Å². The number of aromatic nitrogens is 1. The molecule has 0 radical (unpaired) electrons. The quantitative estimate of drug-likeness (QED) is 0.427. The van der Waals surface area contributed by atoms with E-state index in [-0.39, 0.29) is 18.2 Å². The molecule has 0 bridgehead atoms. The second-order valence-electron chi connectivity index (χ2n) is 8.08. The maximum atomic E-state index is 12.9. The van der Waals surface area contributed by atoms with Crippen LogP contribution in [0, 0.1) is 13.8 Å². The first kappa shape index (κ1) is 22.2. The highest BCUT2D eigenvalue weighted by atomic mass is 16.2. The number of nitrogens with one attached hydrogen (secondary N) is 2. The third-order valence-corrected chi connectivity index (χ3v) is 5.81. The number of para-hydroxylation sites is 2. The summed E-state index contributed by atoms with van der Waals surface area (Å²) in [5.41, 5.74) is 5.85. The molecule has 0 aliphatic heterocycles. The normalized spacial score (nSPS) is 10.7. The van der Waals surface area contributed by atoms with Crippen molar-refractivity contribution in [3.05, 3.63) is 107 Å². The molecule has 5 nitrogen and oxygen atoms in total. The van der Waals surface area contributed by atoms with E-state index in [9.17, 15) is 9.59 Å². The molecule has 166 valence electrons. The van der Waals surface area contributed by atoms with Gasteiger partial charge in [0.15, 0.2) is 0 Å². The van der Waals surface area contributed by atoms with Crippen molar-refractivity contribution >= 4 is 28.4 Å². The van der Waals surface area contributed by atoms with Crippen LogP contribution in [0.2, 0.25) is 0 Å². The van der Waals surface area contributed by atoms with Crippen molar-refractivity contribution < 1.29 is 9.59 Å². The number of aryl methyl sites for hydroxylation is 2. The van der Waals surface area contributed by atoms with E-state index in [1.807, 2.05) is 74.5 Å². The van der Waals surface area contributed by atoms with Gasteiger partial charge in [-0.25, -0.2) is 0 Å². The second kappa shape index (κ2) is 10.1. The van der Waals surface area contributed by atoms with E-state index in [4.69, 9.17) is 0 Å². The summed E-state index contributed by atoms with van der Waals surface area (Å²) < 4.78 is 0. The molecule has 2 N–H and O–H groups in total. The zero-order valence-corrected chi connectivity index (χ0v) is 18.9. The van der Waals surface area contributed by atoms with Crippen molar-refractivity contribution in [3.8, 4) is 0 Å². The maximum Gasteiger partial charge on any atom is 0.253 e. The molecule has 0 saturated heterocycles. The summed E-state index contributed by atoms with van der Waals surface area (Å²) in [4.78, 5) is 30.4. The lowest BCUT2D eigenvalue weighted by atomic mass is 9.99. The van der Waals surface area contributed by atoms with Crippen LogP contribution >= 0.6 is 0 Å². The smallest absolute Gasteiger partial charge is 0.253 e. The highest BCUT2D eigenvalue weighted by Gasteiger charge is 2.16. The number of pyridine rings is 1. The molecular formula is C28H27N3O2. The van der Waals surface area contributed by atoms with E-state index >= 15 is 0 Å². The Morgan fingerprint density at radius 1 is 0.848 bits per heavy atom. The number of nitrogens with zero attached hydrogens (tertiary/aromatic N) is 1. The summed E-state index contributed by atoms with van der Waals surface area (Å²) in [7, 11) is 0. The van der Waals surface area contributed by atoms with Crippen LogP contribution < -0.4 is 10.6 Å². The molecule has 0 saturated carbocycles. The van der Waals surface area contributed by atoms with Crippen molar-refractivity contribution in [3.63, 3.8) is 0 Å². The van der Waals surface area contributed by atoms with E-state index in [0.717, 1.165) is 39.7 Å². The minimum Gasteiger partial charge on any atom is -0.352 e. The Kier molecular flexibility index (Phi) is 6.79. The Balaban J connectivity index is 1.45. The first-order chi connectivity index (χ1) is 16.0. The molecule has 4 rings (SSSR count).